The van der Waals surface area contributed by atoms with Gasteiger partial charge in [0.15, 0.2) is 0 Å². The summed E-state index contributed by atoms with van der Waals surface area (Å²) in [6.45, 7) is 5.79. The summed E-state index contributed by atoms with van der Waals surface area (Å²) in [5, 5.41) is 18.5. The summed E-state index contributed by atoms with van der Waals surface area (Å²) in [7, 11) is 0. The summed E-state index contributed by atoms with van der Waals surface area (Å²) in [5.74, 6) is 1.61. The van der Waals surface area contributed by atoms with Crippen molar-refractivity contribution < 1.29 is 19.5 Å². The Kier molecular flexibility index (Phi) is 10.5. The number of amides is 2. The average Bonchev–Trinajstić information content (AvgIpc) is 3.59. The lowest BCUT2D eigenvalue weighted by molar-refractivity contribution is 0.0997. The first kappa shape index (κ1) is 34.3. The van der Waals surface area contributed by atoms with E-state index in [-0.39, 0.29) is 11.3 Å². The van der Waals surface area contributed by atoms with E-state index in [1.807, 2.05) is 54.6 Å². The van der Waals surface area contributed by atoms with E-state index in [0.29, 0.717) is 46.6 Å². The van der Waals surface area contributed by atoms with E-state index in [1.54, 1.807) is 36.4 Å². The SMILES string of the molecule is CC(C)(c1ccccc1)c1ccc(Oc2ccc(NC(=O)c3ccc(N(O)CC4CCC(CNc5ccc(C(N)=O)cc5)C4)cc3)cc2)cc1. The second kappa shape index (κ2) is 15.3. The van der Waals surface area contributed by atoms with Crippen molar-refractivity contribution in [3.8, 4) is 11.5 Å². The van der Waals surface area contributed by atoms with Crippen LogP contribution in [0, 0.1) is 11.8 Å². The molecule has 0 radical (unpaired) electrons. The third-order valence-electron chi connectivity index (χ3n) is 9.69. The van der Waals surface area contributed by atoms with Crippen LogP contribution >= 0.6 is 0 Å². The van der Waals surface area contributed by atoms with Gasteiger partial charge in [0.05, 0.1) is 5.69 Å². The third-order valence-corrected chi connectivity index (χ3v) is 9.69. The number of hydrogen-bond acceptors (Lipinski definition) is 6. The zero-order valence-electron chi connectivity index (χ0n) is 28.5. The number of carbonyl (C=O) groups excluding carboxylic acids is 2. The Balaban J connectivity index is 0.950. The maximum atomic E-state index is 13.0. The molecule has 1 aliphatic rings. The molecule has 50 heavy (non-hydrogen) atoms. The van der Waals surface area contributed by atoms with E-state index in [2.05, 4.69) is 60.9 Å². The van der Waals surface area contributed by atoms with E-state index in [4.69, 9.17) is 10.5 Å². The number of primary amides is 1. The molecule has 1 saturated carbocycles. The summed E-state index contributed by atoms with van der Waals surface area (Å²) < 4.78 is 6.07. The van der Waals surface area contributed by atoms with Crippen molar-refractivity contribution in [1.82, 2.24) is 0 Å². The molecule has 256 valence electrons. The third kappa shape index (κ3) is 8.51. The largest absolute Gasteiger partial charge is 0.457 e. The van der Waals surface area contributed by atoms with E-state index in [1.165, 1.54) is 16.2 Å². The van der Waals surface area contributed by atoms with Crippen molar-refractivity contribution in [2.24, 2.45) is 17.6 Å². The summed E-state index contributed by atoms with van der Waals surface area (Å²) >= 11 is 0. The van der Waals surface area contributed by atoms with Crippen molar-refractivity contribution in [1.29, 1.82) is 0 Å². The number of benzene rings is 5. The quantitative estimate of drug-likeness (QED) is 0.0932. The second-order valence-corrected chi connectivity index (χ2v) is 13.6. The van der Waals surface area contributed by atoms with Gasteiger partial charge in [-0.05, 0) is 127 Å². The molecule has 1 fully saturated rings. The van der Waals surface area contributed by atoms with Crippen LogP contribution in [-0.2, 0) is 5.41 Å². The molecule has 0 aliphatic heterocycles. The van der Waals surface area contributed by atoms with Crippen LogP contribution in [-0.4, -0.2) is 30.1 Å². The van der Waals surface area contributed by atoms with Gasteiger partial charge in [-0.2, -0.15) is 0 Å². The Hall–Kier alpha value is -5.60. The number of hydrogen-bond donors (Lipinski definition) is 4. The van der Waals surface area contributed by atoms with Gasteiger partial charge in [0.2, 0.25) is 5.91 Å². The predicted molar refractivity (Wildman–Crippen MR) is 199 cm³/mol. The number of carbonyl (C=O) groups is 2. The van der Waals surface area contributed by atoms with Gasteiger partial charge >= 0.3 is 0 Å². The number of nitrogens with one attached hydrogen (secondary N) is 2. The Morgan fingerprint density at radius 3 is 1.94 bits per heavy atom. The van der Waals surface area contributed by atoms with E-state index < -0.39 is 5.91 Å². The normalized spacial score (nSPS) is 15.7. The molecule has 2 atom stereocenters. The summed E-state index contributed by atoms with van der Waals surface area (Å²) in [6, 6.07) is 40.0. The topological polar surface area (TPSA) is 117 Å². The second-order valence-electron chi connectivity index (χ2n) is 13.6. The zero-order chi connectivity index (χ0) is 35.1. The van der Waals surface area contributed by atoms with Crippen LogP contribution in [0.5, 0.6) is 11.5 Å². The van der Waals surface area contributed by atoms with Crippen LogP contribution in [0.3, 0.4) is 0 Å². The van der Waals surface area contributed by atoms with Crippen LogP contribution in [0.15, 0.2) is 127 Å². The minimum absolute atomic E-state index is 0.123. The molecule has 8 nitrogen and oxygen atoms in total. The van der Waals surface area contributed by atoms with Crippen LogP contribution in [0.4, 0.5) is 17.1 Å². The van der Waals surface area contributed by atoms with Crippen molar-refractivity contribution in [3.05, 3.63) is 150 Å². The van der Waals surface area contributed by atoms with Crippen molar-refractivity contribution >= 4 is 28.9 Å². The first-order valence-corrected chi connectivity index (χ1v) is 17.1. The highest BCUT2D eigenvalue weighted by Crippen LogP contribution is 2.34. The minimum Gasteiger partial charge on any atom is -0.457 e. The van der Waals surface area contributed by atoms with E-state index in [0.717, 1.165) is 37.2 Å². The molecular weight excluding hydrogens is 624 g/mol. The highest BCUT2D eigenvalue weighted by Gasteiger charge is 2.26. The van der Waals surface area contributed by atoms with Crippen molar-refractivity contribution in [2.75, 3.05) is 28.8 Å². The van der Waals surface area contributed by atoms with Crippen molar-refractivity contribution in [3.63, 3.8) is 0 Å². The van der Waals surface area contributed by atoms with Gasteiger partial charge in [0.25, 0.3) is 5.91 Å². The summed E-state index contributed by atoms with van der Waals surface area (Å²) in [4.78, 5) is 24.2. The Morgan fingerprint density at radius 1 is 0.740 bits per heavy atom. The number of ether oxygens (including phenoxy) is 1. The smallest absolute Gasteiger partial charge is 0.255 e. The van der Waals surface area contributed by atoms with Crippen LogP contribution < -0.4 is 26.2 Å². The number of nitrogens with two attached hydrogens (primary N) is 1. The highest BCUT2D eigenvalue weighted by atomic mass is 16.5. The Bertz CT molecular complexity index is 1870. The lowest BCUT2D eigenvalue weighted by Crippen LogP contribution is -2.25. The molecule has 2 amide bonds. The first-order valence-electron chi connectivity index (χ1n) is 17.1. The zero-order valence-corrected chi connectivity index (χ0v) is 28.5. The Morgan fingerprint density at radius 2 is 1.30 bits per heavy atom. The average molecular weight is 669 g/mol. The first-order chi connectivity index (χ1) is 24.1. The standard InChI is InChI=1S/C42H44N4O4/c1-42(2,33-6-4-3-5-7-33)34-14-22-38(23-15-34)50-39-24-18-36(19-25-39)45-41(48)32-12-20-37(21-13-32)46(49)28-30-9-8-29(26-30)27-44-35-16-10-31(11-17-35)40(43)47/h3-7,10-25,29-30,44,49H,8-9,26-28H2,1-2H3,(H2,43,47)(H,45,48). The Labute approximate surface area is 293 Å². The molecule has 0 heterocycles. The number of anilines is 3. The number of nitrogens with zero attached hydrogens (tertiary/aromatic N) is 1. The molecule has 0 saturated heterocycles. The molecule has 0 aromatic heterocycles. The lowest BCUT2D eigenvalue weighted by atomic mass is 9.78. The molecule has 0 bridgehead atoms. The van der Waals surface area contributed by atoms with Crippen molar-refractivity contribution in [2.45, 2.75) is 38.5 Å². The molecule has 6 rings (SSSR count). The fourth-order valence-electron chi connectivity index (χ4n) is 6.59. The van der Waals surface area contributed by atoms with Gasteiger partial charge in [-0.25, -0.2) is 0 Å². The monoisotopic (exact) mass is 668 g/mol. The van der Waals surface area contributed by atoms with Crippen LogP contribution in [0.2, 0.25) is 0 Å². The van der Waals surface area contributed by atoms with Crippen LogP contribution in [0.25, 0.3) is 0 Å². The number of rotatable bonds is 13. The van der Waals surface area contributed by atoms with E-state index >= 15 is 0 Å². The maximum Gasteiger partial charge on any atom is 0.255 e. The fourth-order valence-corrected chi connectivity index (χ4v) is 6.59. The van der Waals surface area contributed by atoms with Gasteiger partial charge in [0, 0.05) is 41.0 Å². The molecule has 1 aliphatic carbocycles. The highest BCUT2D eigenvalue weighted by molar-refractivity contribution is 6.04. The summed E-state index contributed by atoms with van der Waals surface area (Å²) in [6.07, 6.45) is 3.12. The predicted octanol–water partition coefficient (Wildman–Crippen LogP) is 8.88. The molecule has 5 aromatic rings. The maximum absolute atomic E-state index is 13.0. The molecular formula is C42H44N4O4. The molecule has 5 aromatic carbocycles. The molecule has 5 N–H and O–H groups in total. The van der Waals surface area contributed by atoms with Gasteiger partial charge in [0.1, 0.15) is 11.5 Å². The van der Waals surface area contributed by atoms with Gasteiger partial charge in [-0.1, -0.05) is 56.3 Å². The minimum atomic E-state index is -0.434. The van der Waals surface area contributed by atoms with E-state index in [9.17, 15) is 14.8 Å². The summed E-state index contributed by atoms with van der Waals surface area (Å²) in [5.41, 5.74) is 10.9. The lowest BCUT2D eigenvalue weighted by Gasteiger charge is -2.26. The van der Waals surface area contributed by atoms with Gasteiger partial charge in [-0.3, -0.25) is 19.9 Å². The molecule has 0 spiro atoms. The number of hydroxylamine groups is 1. The van der Waals surface area contributed by atoms with Gasteiger partial charge < -0.3 is 21.1 Å². The van der Waals surface area contributed by atoms with Gasteiger partial charge in [-0.15, -0.1) is 0 Å². The molecule has 8 heteroatoms. The molecule has 2 unspecified atom stereocenters. The van der Waals surface area contributed by atoms with Crippen LogP contribution in [0.1, 0.15) is 65.0 Å². The fraction of sp³-hybridized carbons (Fsp3) is 0.238.